The zero-order chi connectivity index (χ0) is 16.4. The third-order valence-corrected chi connectivity index (χ3v) is 4.31. The van der Waals surface area contributed by atoms with Gasteiger partial charge >= 0.3 is 0 Å². The van der Waals surface area contributed by atoms with Crippen LogP contribution in [0.4, 0.5) is 0 Å². The summed E-state index contributed by atoms with van der Waals surface area (Å²) in [5, 5.41) is 5.56. The average molecular weight is 329 g/mol. The molecule has 0 spiro atoms. The number of rotatable bonds is 4. The lowest BCUT2D eigenvalue weighted by molar-refractivity contribution is -0.131. The summed E-state index contributed by atoms with van der Waals surface area (Å²) >= 11 is 6.03. The Hall–Kier alpha value is -2.33. The normalized spacial score (nSPS) is 12.3. The molecule has 1 atom stereocenters. The van der Waals surface area contributed by atoms with Gasteiger partial charge in [0, 0.05) is 17.5 Å². The van der Waals surface area contributed by atoms with Crippen molar-refractivity contribution in [3.8, 4) is 0 Å². The Kier molecular flexibility index (Phi) is 4.35. The zero-order valence-electron chi connectivity index (χ0n) is 13.0. The van der Waals surface area contributed by atoms with Crippen LogP contribution < -0.4 is 0 Å². The molecule has 0 saturated heterocycles. The van der Waals surface area contributed by atoms with E-state index < -0.39 is 0 Å². The predicted molar refractivity (Wildman–Crippen MR) is 90.4 cm³/mol. The Morgan fingerprint density at radius 2 is 2.04 bits per heavy atom. The largest absolute Gasteiger partial charge is 0.356 e. The Balaban J connectivity index is 1.77. The van der Waals surface area contributed by atoms with Gasteiger partial charge in [0.1, 0.15) is 5.69 Å². The summed E-state index contributed by atoms with van der Waals surface area (Å²) in [7, 11) is 1.79. The van der Waals surface area contributed by atoms with E-state index in [1.807, 2.05) is 55.5 Å². The third kappa shape index (κ3) is 3.22. The second-order valence-electron chi connectivity index (χ2n) is 5.54. The van der Waals surface area contributed by atoms with Crippen molar-refractivity contribution in [1.29, 1.82) is 0 Å². The van der Waals surface area contributed by atoms with Gasteiger partial charge in [0.25, 0.3) is 0 Å². The van der Waals surface area contributed by atoms with Crippen molar-refractivity contribution in [3.63, 3.8) is 0 Å². The quantitative estimate of drug-likeness (QED) is 0.719. The average Bonchev–Trinajstić information content (AvgIpc) is 2.96. The number of para-hydroxylation sites is 1. The summed E-state index contributed by atoms with van der Waals surface area (Å²) in [6, 6.07) is 15.0. The number of nitrogens with zero attached hydrogens (tertiary/aromatic N) is 2. The van der Waals surface area contributed by atoms with Crippen molar-refractivity contribution in [2.24, 2.45) is 0 Å². The van der Waals surface area contributed by atoms with Crippen molar-refractivity contribution in [2.75, 3.05) is 7.05 Å². The molecule has 3 aromatic rings. The van der Waals surface area contributed by atoms with Crippen LogP contribution >= 0.6 is 11.6 Å². The van der Waals surface area contributed by atoms with Crippen LogP contribution in [0.5, 0.6) is 0 Å². The van der Waals surface area contributed by atoms with E-state index in [9.17, 15) is 4.79 Å². The van der Waals surface area contributed by atoms with Gasteiger partial charge in [0.15, 0.2) is 5.58 Å². The summed E-state index contributed by atoms with van der Waals surface area (Å²) in [4.78, 5) is 14.3. The minimum atomic E-state index is -0.0700. The van der Waals surface area contributed by atoms with Crippen molar-refractivity contribution < 1.29 is 9.32 Å². The molecule has 0 radical (unpaired) electrons. The molecule has 2 aromatic carbocycles. The first-order valence-corrected chi connectivity index (χ1v) is 7.78. The fraction of sp³-hybridized carbons (Fsp3) is 0.222. The fourth-order valence-electron chi connectivity index (χ4n) is 2.54. The van der Waals surface area contributed by atoms with Crippen molar-refractivity contribution in [3.05, 3.63) is 64.8 Å². The van der Waals surface area contributed by atoms with E-state index in [1.165, 1.54) is 0 Å². The summed E-state index contributed by atoms with van der Waals surface area (Å²) < 4.78 is 5.25. The number of aromatic nitrogens is 1. The van der Waals surface area contributed by atoms with Crippen LogP contribution in [-0.4, -0.2) is 23.0 Å². The number of likely N-dealkylation sites (N-methyl/N-ethyl adjacent to an activating group) is 1. The number of hydrogen-bond acceptors (Lipinski definition) is 3. The molecule has 1 amide bonds. The number of fused-ring (bicyclic) bond motifs is 1. The number of benzene rings is 2. The maximum absolute atomic E-state index is 12.6. The highest BCUT2D eigenvalue weighted by Crippen LogP contribution is 2.24. The van der Waals surface area contributed by atoms with Crippen LogP contribution in [0.25, 0.3) is 11.0 Å². The monoisotopic (exact) mass is 328 g/mol. The maximum atomic E-state index is 12.6. The van der Waals surface area contributed by atoms with E-state index in [-0.39, 0.29) is 18.4 Å². The number of carbonyl (C=O) groups excluding carboxylic acids is 1. The first-order chi connectivity index (χ1) is 11.1. The third-order valence-electron chi connectivity index (χ3n) is 4.08. The Morgan fingerprint density at radius 3 is 2.83 bits per heavy atom. The fourth-order valence-corrected chi connectivity index (χ4v) is 2.74. The highest BCUT2D eigenvalue weighted by molar-refractivity contribution is 6.30. The van der Waals surface area contributed by atoms with E-state index >= 15 is 0 Å². The Bertz CT molecular complexity index is 844. The molecule has 0 aliphatic heterocycles. The zero-order valence-corrected chi connectivity index (χ0v) is 13.7. The lowest BCUT2D eigenvalue weighted by atomic mass is 10.1. The predicted octanol–water partition coefficient (Wildman–Crippen LogP) is 4.24. The van der Waals surface area contributed by atoms with E-state index in [4.69, 9.17) is 16.1 Å². The van der Waals surface area contributed by atoms with Gasteiger partial charge in [-0.05, 0) is 36.8 Å². The molecule has 23 heavy (non-hydrogen) atoms. The lowest BCUT2D eigenvalue weighted by Crippen LogP contribution is -2.31. The molecule has 1 heterocycles. The summed E-state index contributed by atoms with van der Waals surface area (Å²) in [6.45, 7) is 1.98. The van der Waals surface area contributed by atoms with Gasteiger partial charge < -0.3 is 9.42 Å². The topological polar surface area (TPSA) is 46.3 Å². The van der Waals surface area contributed by atoms with Gasteiger partial charge in [-0.15, -0.1) is 0 Å². The minimum absolute atomic E-state index is 0.0171. The van der Waals surface area contributed by atoms with Gasteiger partial charge in [-0.25, -0.2) is 0 Å². The van der Waals surface area contributed by atoms with E-state index in [2.05, 4.69) is 5.16 Å². The molecule has 118 valence electrons. The van der Waals surface area contributed by atoms with Crippen LogP contribution in [0, 0.1) is 0 Å². The molecule has 1 aromatic heterocycles. The Labute approximate surface area is 139 Å². The highest BCUT2D eigenvalue weighted by atomic mass is 35.5. The standard InChI is InChI=1S/C18H17ClN2O2/c1-12(13-6-5-7-14(19)10-13)21(2)18(22)11-16-15-8-3-4-9-17(15)23-20-16/h3-10,12H,11H2,1-2H3. The van der Waals surface area contributed by atoms with Crippen molar-refractivity contribution in [1.82, 2.24) is 10.1 Å². The van der Waals surface area contributed by atoms with Crippen LogP contribution in [0.3, 0.4) is 0 Å². The van der Waals surface area contributed by atoms with E-state index in [0.717, 1.165) is 10.9 Å². The lowest BCUT2D eigenvalue weighted by Gasteiger charge is -2.25. The second-order valence-corrected chi connectivity index (χ2v) is 5.97. The number of carbonyl (C=O) groups is 1. The molecular formula is C18H17ClN2O2. The molecule has 3 rings (SSSR count). The Morgan fingerprint density at radius 1 is 1.26 bits per heavy atom. The number of hydrogen-bond donors (Lipinski definition) is 0. The number of amides is 1. The van der Waals surface area contributed by atoms with Gasteiger partial charge in [-0.3, -0.25) is 4.79 Å². The molecule has 5 heteroatoms. The van der Waals surface area contributed by atoms with Crippen LogP contribution in [0.1, 0.15) is 24.2 Å². The molecule has 0 fully saturated rings. The molecule has 0 aliphatic rings. The summed E-state index contributed by atoms with van der Waals surface area (Å²) in [5.74, 6) is -0.0171. The van der Waals surface area contributed by atoms with Crippen LogP contribution in [-0.2, 0) is 11.2 Å². The van der Waals surface area contributed by atoms with Crippen molar-refractivity contribution >= 4 is 28.5 Å². The first-order valence-electron chi connectivity index (χ1n) is 7.40. The van der Waals surface area contributed by atoms with Crippen LogP contribution in [0.15, 0.2) is 53.1 Å². The summed E-state index contributed by atoms with van der Waals surface area (Å²) in [6.07, 6.45) is 0.207. The molecule has 4 nitrogen and oxygen atoms in total. The number of halogens is 1. The highest BCUT2D eigenvalue weighted by Gasteiger charge is 2.20. The second kappa shape index (κ2) is 6.42. The molecule has 0 bridgehead atoms. The van der Waals surface area contributed by atoms with Gasteiger partial charge in [-0.1, -0.05) is 41.0 Å². The summed E-state index contributed by atoms with van der Waals surface area (Å²) in [5.41, 5.74) is 2.36. The molecule has 0 aliphatic carbocycles. The first kappa shape index (κ1) is 15.6. The molecule has 1 unspecified atom stereocenters. The smallest absolute Gasteiger partial charge is 0.228 e. The molecule has 0 N–H and O–H groups in total. The molecular weight excluding hydrogens is 312 g/mol. The van der Waals surface area contributed by atoms with Crippen molar-refractivity contribution in [2.45, 2.75) is 19.4 Å². The van der Waals surface area contributed by atoms with Crippen LogP contribution in [0.2, 0.25) is 5.02 Å². The van der Waals surface area contributed by atoms with Gasteiger partial charge in [-0.2, -0.15) is 0 Å². The SMILES string of the molecule is CC(c1cccc(Cl)c1)N(C)C(=O)Cc1noc2ccccc12. The van der Waals surface area contributed by atoms with E-state index in [1.54, 1.807) is 11.9 Å². The molecule has 0 saturated carbocycles. The maximum Gasteiger partial charge on any atom is 0.228 e. The minimum Gasteiger partial charge on any atom is -0.356 e. The van der Waals surface area contributed by atoms with E-state index in [0.29, 0.717) is 16.3 Å². The van der Waals surface area contributed by atoms with Gasteiger partial charge in [0.2, 0.25) is 5.91 Å². The van der Waals surface area contributed by atoms with Gasteiger partial charge in [0.05, 0.1) is 12.5 Å².